The molecule has 0 amide bonds. The van der Waals surface area contributed by atoms with Crippen LogP contribution in [0.15, 0.2) is 6.07 Å². The van der Waals surface area contributed by atoms with E-state index in [9.17, 15) is 5.11 Å². The van der Waals surface area contributed by atoms with Gasteiger partial charge in [0, 0.05) is 11.3 Å². The van der Waals surface area contributed by atoms with Crippen molar-refractivity contribution in [2.75, 3.05) is 6.26 Å². The molecule has 0 aliphatic heterocycles. The van der Waals surface area contributed by atoms with Crippen molar-refractivity contribution in [3.63, 3.8) is 0 Å². The molecule has 1 aromatic rings. The van der Waals surface area contributed by atoms with Crippen LogP contribution in [0, 0.1) is 20.8 Å². The number of phenols is 1. The Morgan fingerprint density at radius 1 is 1.23 bits per heavy atom. The van der Waals surface area contributed by atoms with E-state index in [-0.39, 0.29) is 0 Å². The first-order valence-corrected chi connectivity index (χ1v) is 5.75. The number of hydrogen-bond acceptors (Lipinski definition) is 2. The van der Waals surface area contributed by atoms with Crippen LogP contribution in [0.25, 0.3) is 0 Å². The topological polar surface area (TPSA) is 20.2 Å². The quantitative estimate of drug-likeness (QED) is 0.784. The van der Waals surface area contributed by atoms with Crippen molar-refractivity contribution in [2.24, 2.45) is 0 Å². The number of aromatic hydroxyl groups is 1. The summed E-state index contributed by atoms with van der Waals surface area (Å²) < 4.78 is 0. The standard InChI is InChI=1S/C11H16OS/c1-7-5-8(2)11(12)10(6-13-4)9(7)3/h5,12H,6H2,1-4H3. The van der Waals surface area contributed by atoms with Crippen LogP contribution in [-0.2, 0) is 5.75 Å². The van der Waals surface area contributed by atoms with Crippen LogP contribution in [0.3, 0.4) is 0 Å². The molecule has 13 heavy (non-hydrogen) atoms. The molecule has 1 aromatic carbocycles. The molecule has 0 unspecified atom stereocenters. The summed E-state index contributed by atoms with van der Waals surface area (Å²) in [7, 11) is 0. The van der Waals surface area contributed by atoms with E-state index in [0.717, 1.165) is 16.9 Å². The molecule has 0 atom stereocenters. The van der Waals surface area contributed by atoms with Crippen molar-refractivity contribution in [1.82, 2.24) is 0 Å². The van der Waals surface area contributed by atoms with E-state index >= 15 is 0 Å². The first-order chi connectivity index (χ1) is 6.07. The molecule has 2 heteroatoms. The van der Waals surface area contributed by atoms with Gasteiger partial charge >= 0.3 is 0 Å². The number of thioether (sulfide) groups is 1. The van der Waals surface area contributed by atoms with E-state index < -0.39 is 0 Å². The van der Waals surface area contributed by atoms with Gasteiger partial charge in [0.1, 0.15) is 5.75 Å². The largest absolute Gasteiger partial charge is 0.507 e. The van der Waals surface area contributed by atoms with Crippen molar-refractivity contribution >= 4 is 11.8 Å². The van der Waals surface area contributed by atoms with Gasteiger partial charge in [0.15, 0.2) is 0 Å². The predicted octanol–water partition coefficient (Wildman–Crippen LogP) is 3.18. The summed E-state index contributed by atoms with van der Waals surface area (Å²) in [4.78, 5) is 0. The van der Waals surface area contributed by atoms with Gasteiger partial charge in [0.2, 0.25) is 0 Å². The molecular formula is C11H16OS. The fourth-order valence-electron chi connectivity index (χ4n) is 1.48. The predicted molar refractivity (Wildman–Crippen MR) is 59.5 cm³/mol. The average Bonchev–Trinajstić information content (AvgIpc) is 2.09. The van der Waals surface area contributed by atoms with E-state index in [2.05, 4.69) is 20.1 Å². The smallest absolute Gasteiger partial charge is 0.122 e. The number of rotatable bonds is 2. The molecule has 1 N–H and O–H groups in total. The molecule has 72 valence electrons. The molecule has 0 aromatic heterocycles. The molecular weight excluding hydrogens is 180 g/mol. The molecule has 0 aliphatic carbocycles. The van der Waals surface area contributed by atoms with E-state index in [4.69, 9.17) is 0 Å². The van der Waals surface area contributed by atoms with Crippen molar-refractivity contribution in [1.29, 1.82) is 0 Å². The van der Waals surface area contributed by atoms with E-state index in [1.165, 1.54) is 11.1 Å². The number of phenolic OH excluding ortho intramolecular Hbond substituents is 1. The van der Waals surface area contributed by atoms with Crippen molar-refractivity contribution in [3.8, 4) is 5.75 Å². The minimum absolute atomic E-state index is 0.470. The molecule has 1 nitrogen and oxygen atoms in total. The van der Waals surface area contributed by atoms with Crippen LogP contribution in [0.5, 0.6) is 5.75 Å². The van der Waals surface area contributed by atoms with Gasteiger partial charge in [-0.1, -0.05) is 6.07 Å². The summed E-state index contributed by atoms with van der Waals surface area (Å²) in [6.07, 6.45) is 2.05. The summed E-state index contributed by atoms with van der Waals surface area (Å²) in [5.41, 5.74) is 4.55. The van der Waals surface area contributed by atoms with Crippen LogP contribution in [0.4, 0.5) is 0 Å². The maximum Gasteiger partial charge on any atom is 0.122 e. The highest BCUT2D eigenvalue weighted by atomic mass is 32.2. The fraction of sp³-hybridized carbons (Fsp3) is 0.455. The summed E-state index contributed by atoms with van der Waals surface area (Å²) in [6.45, 7) is 6.11. The second kappa shape index (κ2) is 4.05. The van der Waals surface area contributed by atoms with Crippen molar-refractivity contribution in [2.45, 2.75) is 26.5 Å². The Morgan fingerprint density at radius 2 is 1.85 bits per heavy atom. The first kappa shape index (κ1) is 10.5. The second-order valence-electron chi connectivity index (χ2n) is 3.40. The highest BCUT2D eigenvalue weighted by Gasteiger charge is 2.09. The zero-order chi connectivity index (χ0) is 10.0. The van der Waals surface area contributed by atoms with Crippen LogP contribution in [0.2, 0.25) is 0 Å². The minimum atomic E-state index is 0.470. The number of hydrogen-bond donors (Lipinski definition) is 1. The number of aryl methyl sites for hydroxylation is 2. The van der Waals surface area contributed by atoms with Gasteiger partial charge in [-0.05, 0) is 43.7 Å². The highest BCUT2D eigenvalue weighted by Crippen LogP contribution is 2.30. The Hall–Kier alpha value is -0.630. The zero-order valence-electron chi connectivity index (χ0n) is 8.64. The third-order valence-corrected chi connectivity index (χ3v) is 3.00. The summed E-state index contributed by atoms with van der Waals surface area (Å²) >= 11 is 1.74. The second-order valence-corrected chi connectivity index (χ2v) is 4.26. The van der Waals surface area contributed by atoms with Gasteiger partial charge in [-0.3, -0.25) is 0 Å². The molecule has 0 saturated carbocycles. The van der Waals surface area contributed by atoms with E-state index in [0.29, 0.717) is 5.75 Å². The summed E-state index contributed by atoms with van der Waals surface area (Å²) in [5.74, 6) is 1.36. The summed E-state index contributed by atoms with van der Waals surface area (Å²) in [6, 6.07) is 2.04. The average molecular weight is 196 g/mol. The van der Waals surface area contributed by atoms with Crippen LogP contribution in [-0.4, -0.2) is 11.4 Å². The summed E-state index contributed by atoms with van der Waals surface area (Å²) in [5, 5.41) is 9.82. The minimum Gasteiger partial charge on any atom is -0.507 e. The molecule has 0 saturated heterocycles. The van der Waals surface area contributed by atoms with Gasteiger partial charge in [-0.25, -0.2) is 0 Å². The maximum atomic E-state index is 9.82. The molecule has 0 spiro atoms. The lowest BCUT2D eigenvalue weighted by atomic mass is 10.00. The Morgan fingerprint density at radius 3 is 2.38 bits per heavy atom. The van der Waals surface area contributed by atoms with Crippen molar-refractivity contribution < 1.29 is 5.11 Å². The SMILES string of the molecule is CSCc1c(C)c(C)cc(C)c1O. The first-order valence-electron chi connectivity index (χ1n) is 4.35. The third kappa shape index (κ3) is 1.99. The Kier molecular flexibility index (Phi) is 3.26. The zero-order valence-corrected chi connectivity index (χ0v) is 9.46. The Labute approximate surface area is 84.2 Å². The monoisotopic (exact) mass is 196 g/mol. The highest BCUT2D eigenvalue weighted by molar-refractivity contribution is 7.97. The van der Waals surface area contributed by atoms with E-state index in [1.54, 1.807) is 11.8 Å². The van der Waals surface area contributed by atoms with Gasteiger partial charge in [-0.15, -0.1) is 0 Å². The Balaban J connectivity index is 3.28. The molecule has 0 heterocycles. The lowest BCUT2D eigenvalue weighted by Gasteiger charge is -2.12. The van der Waals surface area contributed by atoms with Gasteiger partial charge in [0.25, 0.3) is 0 Å². The molecule has 0 radical (unpaired) electrons. The van der Waals surface area contributed by atoms with E-state index in [1.807, 2.05) is 13.0 Å². The molecule has 1 rings (SSSR count). The third-order valence-electron chi connectivity index (χ3n) is 2.43. The van der Waals surface area contributed by atoms with Crippen LogP contribution in [0.1, 0.15) is 22.3 Å². The number of benzene rings is 1. The normalized spacial score (nSPS) is 10.5. The van der Waals surface area contributed by atoms with Crippen LogP contribution >= 0.6 is 11.8 Å². The molecule has 0 aliphatic rings. The lowest BCUT2D eigenvalue weighted by molar-refractivity contribution is 0.465. The molecule has 0 fully saturated rings. The van der Waals surface area contributed by atoms with Crippen molar-refractivity contribution in [3.05, 3.63) is 28.3 Å². The Bertz CT molecular complexity index is 292. The molecule has 0 bridgehead atoms. The van der Waals surface area contributed by atoms with Gasteiger partial charge in [0.05, 0.1) is 0 Å². The van der Waals surface area contributed by atoms with Gasteiger partial charge in [-0.2, -0.15) is 11.8 Å². The lowest BCUT2D eigenvalue weighted by Crippen LogP contribution is -1.93. The fourth-order valence-corrected chi connectivity index (χ4v) is 2.12. The van der Waals surface area contributed by atoms with Gasteiger partial charge < -0.3 is 5.11 Å². The van der Waals surface area contributed by atoms with Crippen LogP contribution < -0.4 is 0 Å². The maximum absolute atomic E-state index is 9.82.